The van der Waals surface area contributed by atoms with E-state index in [0.29, 0.717) is 24.2 Å². The lowest BCUT2D eigenvalue weighted by atomic mass is 10.0. The summed E-state index contributed by atoms with van der Waals surface area (Å²) in [5, 5.41) is 20.3. The molecule has 2 aliphatic heterocycles. The number of benzene rings is 2. The van der Waals surface area contributed by atoms with Gasteiger partial charge in [0.05, 0.1) is 18.0 Å². The number of amides is 1. The first-order valence-corrected chi connectivity index (χ1v) is 15.4. The normalized spacial score (nSPS) is 24.4. The Bertz CT molecular complexity index is 1250. The number of hydrogen-bond acceptors (Lipinski definition) is 7. The fourth-order valence-corrected chi connectivity index (χ4v) is 6.81. The van der Waals surface area contributed by atoms with Crippen LogP contribution in [0.5, 0.6) is 0 Å². The Balaban J connectivity index is 1.44. The number of piperidine rings is 1. The van der Waals surface area contributed by atoms with E-state index < -0.39 is 58.1 Å². The van der Waals surface area contributed by atoms with E-state index in [1.165, 1.54) is 12.1 Å². The average molecular weight is 580 g/mol. The second-order valence-corrected chi connectivity index (χ2v) is 12.5. The zero-order chi connectivity index (χ0) is 28.9. The fraction of sp³-hybridized carbons (Fsp3) is 0.536. The number of aliphatic hydroxyl groups is 1. The summed E-state index contributed by atoms with van der Waals surface area (Å²) in [5.41, 5.74) is 0.881. The van der Waals surface area contributed by atoms with E-state index in [4.69, 9.17) is 0 Å². The summed E-state index contributed by atoms with van der Waals surface area (Å²) >= 11 is 0. The smallest absolute Gasteiger partial charge is 0.238 e. The van der Waals surface area contributed by atoms with Gasteiger partial charge in [-0.25, -0.2) is 21.9 Å². The molecule has 220 valence electrons. The van der Waals surface area contributed by atoms with E-state index in [9.17, 15) is 27.1 Å². The van der Waals surface area contributed by atoms with Crippen molar-refractivity contribution < 1.29 is 27.1 Å². The van der Waals surface area contributed by atoms with Crippen molar-refractivity contribution in [3.63, 3.8) is 0 Å². The highest BCUT2D eigenvalue weighted by Gasteiger charge is 2.35. The molecule has 3 unspecified atom stereocenters. The molecule has 0 spiro atoms. The molecule has 2 aliphatic rings. The predicted octanol–water partition coefficient (Wildman–Crippen LogP) is 2.10. The number of nitrogens with one attached hydrogen (secondary N) is 4. The number of rotatable bonds is 11. The molecule has 2 heterocycles. The SMILES string of the molecule is C[C@H](NC(=O)[C@H](CC(O)N1CCCC[C@@H]1C)NS(=O)(=O)Cc1ccccc1)C1NCC(c2ccc(F)cc2F)N1. The molecule has 0 aromatic heterocycles. The maximum atomic E-state index is 14.3. The van der Waals surface area contributed by atoms with Gasteiger partial charge in [0.1, 0.15) is 23.9 Å². The molecule has 9 nitrogen and oxygen atoms in total. The van der Waals surface area contributed by atoms with E-state index >= 15 is 0 Å². The largest absolute Gasteiger partial charge is 0.378 e. The van der Waals surface area contributed by atoms with Crippen molar-refractivity contribution in [3.8, 4) is 0 Å². The summed E-state index contributed by atoms with van der Waals surface area (Å²) in [4.78, 5) is 15.4. The molecule has 0 saturated carbocycles. The molecule has 2 aromatic carbocycles. The van der Waals surface area contributed by atoms with Crippen LogP contribution in [0.3, 0.4) is 0 Å². The summed E-state index contributed by atoms with van der Waals surface area (Å²) in [6.07, 6.45) is 1.32. The van der Waals surface area contributed by atoms with Gasteiger partial charge in [-0.2, -0.15) is 0 Å². The van der Waals surface area contributed by atoms with E-state index in [1.807, 2.05) is 11.8 Å². The van der Waals surface area contributed by atoms with E-state index in [-0.39, 0.29) is 18.2 Å². The Hall–Kier alpha value is -2.48. The number of carbonyl (C=O) groups excluding carboxylic acids is 1. The molecule has 2 saturated heterocycles. The molecule has 40 heavy (non-hydrogen) atoms. The van der Waals surface area contributed by atoms with Crippen LogP contribution >= 0.6 is 0 Å². The van der Waals surface area contributed by atoms with E-state index in [0.717, 1.165) is 25.3 Å². The van der Waals surface area contributed by atoms with Crippen LogP contribution in [0.1, 0.15) is 56.7 Å². The highest BCUT2D eigenvalue weighted by molar-refractivity contribution is 7.88. The van der Waals surface area contributed by atoms with Gasteiger partial charge in [0, 0.05) is 43.2 Å². The Kier molecular flexibility index (Phi) is 10.3. The molecule has 6 atom stereocenters. The first kappa shape index (κ1) is 30.5. The summed E-state index contributed by atoms with van der Waals surface area (Å²) in [6, 6.07) is 10.0. The van der Waals surface area contributed by atoms with Crippen LogP contribution < -0.4 is 20.7 Å². The lowest BCUT2D eigenvalue weighted by Crippen LogP contribution is -2.57. The van der Waals surface area contributed by atoms with Crippen molar-refractivity contribution in [2.75, 3.05) is 13.1 Å². The second-order valence-electron chi connectivity index (χ2n) is 10.8. The summed E-state index contributed by atoms with van der Waals surface area (Å²) in [7, 11) is -3.92. The minimum Gasteiger partial charge on any atom is -0.378 e. The molecule has 0 bridgehead atoms. The maximum absolute atomic E-state index is 14.3. The molecule has 1 amide bonds. The first-order chi connectivity index (χ1) is 19.0. The minimum absolute atomic E-state index is 0.114. The summed E-state index contributed by atoms with van der Waals surface area (Å²) in [6.45, 7) is 4.77. The van der Waals surface area contributed by atoms with Crippen molar-refractivity contribution in [1.29, 1.82) is 0 Å². The Morgan fingerprint density at radius 1 is 1.18 bits per heavy atom. The third-order valence-electron chi connectivity index (χ3n) is 7.65. The quantitative estimate of drug-likeness (QED) is 0.276. The maximum Gasteiger partial charge on any atom is 0.238 e. The van der Waals surface area contributed by atoms with Crippen LogP contribution in [0.25, 0.3) is 0 Å². The van der Waals surface area contributed by atoms with Crippen molar-refractivity contribution >= 4 is 15.9 Å². The third-order valence-corrected chi connectivity index (χ3v) is 9.01. The zero-order valence-corrected chi connectivity index (χ0v) is 23.6. The first-order valence-electron chi connectivity index (χ1n) is 13.7. The van der Waals surface area contributed by atoms with Crippen molar-refractivity contribution in [1.82, 2.24) is 25.6 Å². The highest BCUT2D eigenvalue weighted by Crippen LogP contribution is 2.23. The number of carbonyl (C=O) groups is 1. The molecular weight excluding hydrogens is 540 g/mol. The predicted molar refractivity (Wildman–Crippen MR) is 148 cm³/mol. The Morgan fingerprint density at radius 2 is 1.93 bits per heavy atom. The molecule has 0 aliphatic carbocycles. The molecule has 5 N–H and O–H groups in total. The number of nitrogens with zero attached hydrogens (tertiary/aromatic N) is 1. The van der Waals surface area contributed by atoms with Gasteiger partial charge < -0.3 is 10.4 Å². The van der Waals surface area contributed by atoms with Gasteiger partial charge in [-0.15, -0.1) is 0 Å². The fourth-order valence-electron chi connectivity index (χ4n) is 5.46. The third kappa shape index (κ3) is 8.05. The minimum atomic E-state index is -3.92. The molecular formula is C28H39F2N5O4S. The summed E-state index contributed by atoms with van der Waals surface area (Å²) in [5.74, 6) is -2.20. The van der Waals surface area contributed by atoms with E-state index in [1.54, 1.807) is 37.3 Å². The summed E-state index contributed by atoms with van der Waals surface area (Å²) < 4.78 is 56.3. The van der Waals surface area contributed by atoms with Crippen LogP contribution in [-0.2, 0) is 20.6 Å². The number of hydrogen-bond donors (Lipinski definition) is 5. The van der Waals surface area contributed by atoms with Gasteiger partial charge in [0.2, 0.25) is 15.9 Å². The monoisotopic (exact) mass is 579 g/mol. The lowest BCUT2D eigenvalue weighted by Gasteiger charge is -2.38. The Morgan fingerprint density at radius 3 is 2.62 bits per heavy atom. The standard InChI is InChI=1S/C28H39F2N5O4S/c1-18-8-6-7-13-35(18)26(36)15-24(34-40(38,39)17-20-9-4-3-5-10-20)28(37)32-19(2)27-31-16-25(33-27)22-12-11-21(29)14-23(22)30/h3-5,9-12,14,18-19,24-27,31,33-34,36H,6-8,13,15-17H2,1-2H3,(H,32,37)/t18-,19-,24-,25?,26?,27?/m0/s1. The Labute approximate surface area is 234 Å². The van der Waals surface area contributed by atoms with Gasteiger partial charge in [-0.05, 0) is 38.3 Å². The van der Waals surface area contributed by atoms with Crippen LogP contribution in [0.2, 0.25) is 0 Å². The number of halogens is 2. The topological polar surface area (TPSA) is 123 Å². The number of aliphatic hydroxyl groups excluding tert-OH is 1. The van der Waals surface area contributed by atoms with Crippen LogP contribution in [0.15, 0.2) is 48.5 Å². The van der Waals surface area contributed by atoms with Gasteiger partial charge in [-0.1, -0.05) is 42.8 Å². The van der Waals surface area contributed by atoms with E-state index in [2.05, 4.69) is 20.7 Å². The van der Waals surface area contributed by atoms with Gasteiger partial charge >= 0.3 is 0 Å². The molecule has 0 radical (unpaired) electrons. The molecule has 2 aromatic rings. The molecule has 2 fully saturated rings. The van der Waals surface area contributed by atoms with Crippen LogP contribution in [0.4, 0.5) is 8.78 Å². The van der Waals surface area contributed by atoms with Crippen molar-refractivity contribution in [3.05, 3.63) is 71.3 Å². The second kappa shape index (κ2) is 13.5. The highest BCUT2D eigenvalue weighted by atomic mass is 32.2. The van der Waals surface area contributed by atoms with Crippen LogP contribution in [-0.4, -0.2) is 67.9 Å². The number of sulfonamides is 1. The zero-order valence-electron chi connectivity index (χ0n) is 22.8. The van der Waals surface area contributed by atoms with Gasteiger partial charge in [-0.3, -0.25) is 20.3 Å². The number of likely N-dealkylation sites (tertiary alicyclic amines) is 1. The van der Waals surface area contributed by atoms with Gasteiger partial charge in [0.25, 0.3) is 0 Å². The molecule has 12 heteroatoms. The lowest BCUT2D eigenvalue weighted by molar-refractivity contribution is -0.126. The van der Waals surface area contributed by atoms with Crippen LogP contribution in [0, 0.1) is 11.6 Å². The van der Waals surface area contributed by atoms with Gasteiger partial charge in [0.15, 0.2) is 0 Å². The molecule has 4 rings (SSSR count). The van der Waals surface area contributed by atoms with Crippen molar-refractivity contribution in [2.45, 2.75) is 81.8 Å². The van der Waals surface area contributed by atoms with Crippen molar-refractivity contribution in [2.24, 2.45) is 0 Å². The average Bonchev–Trinajstić information content (AvgIpc) is 3.39.